The minimum absolute atomic E-state index is 0.0110. The first-order valence-electron chi connectivity index (χ1n) is 43.4. The fraction of sp³-hybridized carbons (Fsp3) is 0.587. The monoisotopic (exact) mass is 1760 g/mol. The molecule has 686 valence electrons. The van der Waals surface area contributed by atoms with E-state index in [2.05, 4.69) is 44.2 Å². The molecule has 124 heavy (non-hydrogen) atoms. The lowest BCUT2D eigenvalue weighted by atomic mass is 9.79. The summed E-state index contributed by atoms with van der Waals surface area (Å²) >= 11 is 3.07. The molecular formula is C92H136N10O20S2. The first-order valence-corrected chi connectivity index (χ1v) is 45.2. The zero-order valence-corrected chi connectivity index (χ0v) is 76.1. The molecule has 1 saturated heterocycles. The maximum atomic E-state index is 13.5. The number of thioether (sulfide) groups is 1. The Balaban J connectivity index is 0.000000348. The van der Waals surface area contributed by atoms with Crippen LogP contribution in [0.3, 0.4) is 0 Å². The summed E-state index contributed by atoms with van der Waals surface area (Å²) < 4.78 is 13.5. The third-order valence-electron chi connectivity index (χ3n) is 21.4. The van der Waals surface area contributed by atoms with E-state index in [-0.39, 0.29) is 129 Å². The molecule has 32 heteroatoms. The first kappa shape index (κ1) is 107. The summed E-state index contributed by atoms with van der Waals surface area (Å²) in [6.07, 6.45) is 10.1. The molecule has 4 heterocycles. The van der Waals surface area contributed by atoms with Gasteiger partial charge >= 0.3 is 12.1 Å². The number of benzene rings is 3. The lowest BCUT2D eigenvalue weighted by Crippen LogP contribution is -2.51. The van der Waals surface area contributed by atoms with Crippen LogP contribution in [0.1, 0.15) is 209 Å². The number of carbonyl (C=O) groups excluding carboxylic acids is 14. The molecule has 2 aromatic heterocycles. The fourth-order valence-corrected chi connectivity index (χ4v) is 17.3. The number of ketones is 4. The van der Waals surface area contributed by atoms with Crippen molar-refractivity contribution in [1.29, 1.82) is 0 Å². The Bertz CT molecular complexity index is 4160. The number of hydroxylamine groups is 4. The zero-order valence-electron chi connectivity index (χ0n) is 74.5. The summed E-state index contributed by atoms with van der Waals surface area (Å²) in [6.45, 7) is 24.9. The van der Waals surface area contributed by atoms with Gasteiger partial charge in [-0.2, -0.15) is 0 Å². The number of hydrogen-bond donors (Lipinski definition) is 12. The molecule has 9 amide bonds. The van der Waals surface area contributed by atoms with Crippen molar-refractivity contribution in [2.24, 2.45) is 76.9 Å². The van der Waals surface area contributed by atoms with Gasteiger partial charge in [0.25, 0.3) is 0 Å². The number of likely N-dealkylation sites (tertiary alicyclic amines) is 1. The third kappa shape index (κ3) is 39.2. The van der Waals surface area contributed by atoms with Crippen molar-refractivity contribution in [2.45, 2.75) is 235 Å². The van der Waals surface area contributed by atoms with E-state index < -0.39 is 101 Å². The fourth-order valence-electron chi connectivity index (χ4n) is 15.3. The van der Waals surface area contributed by atoms with Crippen LogP contribution in [0.2, 0.25) is 0 Å². The lowest BCUT2D eigenvalue weighted by molar-refractivity contribution is -0.144. The summed E-state index contributed by atoms with van der Waals surface area (Å²) in [7, 11) is 1.57. The zero-order chi connectivity index (χ0) is 92.0. The van der Waals surface area contributed by atoms with E-state index in [1.165, 1.54) is 23.6 Å². The van der Waals surface area contributed by atoms with Gasteiger partial charge < -0.3 is 35.3 Å². The summed E-state index contributed by atoms with van der Waals surface area (Å²) in [5, 5.41) is 49.9. The van der Waals surface area contributed by atoms with Gasteiger partial charge in [-0.3, -0.25) is 88.1 Å². The normalized spacial score (nSPS) is 16.0. The molecule has 0 spiro atoms. The number of esters is 1. The molecule has 10 atom stereocenters. The number of para-hydroxylation sites is 1. The van der Waals surface area contributed by atoms with Crippen LogP contribution in [0.15, 0.2) is 113 Å². The van der Waals surface area contributed by atoms with E-state index in [1.807, 2.05) is 160 Å². The molecule has 0 aliphatic carbocycles. The predicted molar refractivity (Wildman–Crippen MR) is 473 cm³/mol. The SMILES string of the molecule is CC(C)C[C@H](CC(=O)NO)C(=O)C[C@H]1Cc2cn(c3ccccc23)CCCCCCNC1=O.CC(C)C[C@H](NC(=O)[C@@H]1CCCN1C(=O)OCc1ccccc1)C(=O)C[C@@H](C)C(=O)NO.CCOC(=O)CNC(=O)[C@@H](CC(=O)C(CC(=O)NO)CC(C)C)CC(C)C.CNC(=O)[C@@H](CC(=O)[C@H](CC(C)C)[C@H](CSc1cccs1)C(=O)NO)Cc1ccccc1. The molecule has 12 N–H and O–H groups in total. The minimum Gasteiger partial charge on any atom is -0.465 e. The highest BCUT2D eigenvalue weighted by atomic mass is 32.2. The van der Waals surface area contributed by atoms with Gasteiger partial charge in [-0.05, 0) is 141 Å². The molecule has 30 nitrogen and oxygen atoms in total. The van der Waals surface area contributed by atoms with E-state index in [0.717, 1.165) is 64.0 Å². The van der Waals surface area contributed by atoms with Gasteiger partial charge in [0, 0.05) is 129 Å². The number of Topliss-reactive ketones (excluding diaryl/α,β-unsaturated/α-hetero) is 4. The summed E-state index contributed by atoms with van der Waals surface area (Å²) in [5.74, 6) is -8.14. The number of thiophene rings is 1. The number of aryl methyl sites for hydroxylation is 1. The molecule has 1 fully saturated rings. The molecule has 0 saturated carbocycles. The molecule has 2 aliphatic rings. The highest BCUT2D eigenvalue weighted by Crippen LogP contribution is 2.35. The van der Waals surface area contributed by atoms with Crippen molar-refractivity contribution >= 4 is 116 Å². The van der Waals surface area contributed by atoms with Crippen LogP contribution >= 0.6 is 23.1 Å². The van der Waals surface area contributed by atoms with Gasteiger partial charge in [0.1, 0.15) is 36.5 Å². The number of ether oxygens (including phenoxy) is 2. The average Bonchev–Trinajstić information content (AvgIpc) is 1.63. The highest BCUT2D eigenvalue weighted by Gasteiger charge is 2.40. The molecule has 0 radical (unpaired) electrons. The number of amides is 9. The maximum absolute atomic E-state index is 13.5. The molecule has 2 bridgehead atoms. The molecule has 7 rings (SSSR count). The summed E-state index contributed by atoms with van der Waals surface area (Å²) in [4.78, 5) is 176. The number of carbonyl (C=O) groups is 14. The van der Waals surface area contributed by atoms with Gasteiger partial charge in [-0.1, -0.05) is 174 Å². The molecule has 3 aromatic carbocycles. The van der Waals surface area contributed by atoms with Crippen LogP contribution in [0, 0.1) is 76.9 Å². The third-order valence-corrected chi connectivity index (χ3v) is 23.7. The van der Waals surface area contributed by atoms with Crippen molar-refractivity contribution in [2.75, 3.05) is 39.0 Å². The number of nitrogens with zero attached hydrogens (tertiary/aromatic N) is 2. The van der Waals surface area contributed by atoms with Crippen molar-refractivity contribution in [3.05, 3.63) is 125 Å². The minimum atomic E-state index is -0.778. The predicted octanol–water partition coefficient (Wildman–Crippen LogP) is 12.5. The van der Waals surface area contributed by atoms with Gasteiger partial charge in [-0.15, -0.1) is 23.1 Å². The lowest BCUT2D eigenvalue weighted by Gasteiger charge is -2.27. The second-order valence-corrected chi connectivity index (χ2v) is 36.4. The molecule has 1 unspecified atom stereocenters. The first-order chi connectivity index (χ1) is 59.1. The van der Waals surface area contributed by atoms with Crippen LogP contribution in [-0.4, -0.2) is 164 Å². The van der Waals surface area contributed by atoms with Gasteiger partial charge in [0.05, 0.1) is 22.8 Å². The smallest absolute Gasteiger partial charge is 0.410 e. The summed E-state index contributed by atoms with van der Waals surface area (Å²) in [6, 6.07) is 29.5. The van der Waals surface area contributed by atoms with Crippen molar-refractivity contribution in [3.8, 4) is 0 Å². The van der Waals surface area contributed by atoms with Crippen molar-refractivity contribution in [3.63, 3.8) is 0 Å². The quantitative estimate of drug-likeness (QED) is 0.00746. The topological polar surface area (TPSA) is 443 Å². The molecular weight excluding hydrogens is 1630 g/mol. The standard InChI is InChI=1S/C26H37N3O4.C24H32N2O4S2.C23H33N3O6.C19H34N2O6/c1-18(2)13-19(16-25(31)28-33)24(30)15-20-14-21-17-29(23-10-6-5-9-22(21)23)12-8-4-3-7-11-27-26(20)32;1-16(2)12-19(20(24(29)26-30)15-32-22-10-7-11-31-22)21(27)14-18(23(28)25-3)13-17-8-5-4-6-9-17;1-15(2)12-18(20(27)13-16(3)21(28)25-31)24-22(29)19-10-7-11-26(19)23(30)32-14-17-8-5-4-6-9-17;1-6-27-18(24)11-20-19(25)15(8-13(4)5)9-16(22)14(7-12(2)3)10-17(23)21-26/h5-6,9-10,17-20,33H,3-4,7-8,11-16H2,1-2H3,(H,27,32)(H,28,31);4-11,16,18-20,30H,12-15H2,1-3H3,(H,25,28)(H,26,29);4-6,8-9,15-16,18-19,31H,7,10-14H2,1-3H3,(H,24,29)(H,25,28);12-15,26H,6-11H2,1-5H3,(H,20,25)(H,21,23)/t19-,20-;18-,19-,20+;16-,18+,19+;14?,15-/m1111/s1. The van der Waals surface area contributed by atoms with E-state index in [4.69, 9.17) is 25.1 Å². The highest BCUT2D eigenvalue weighted by molar-refractivity contribution is 8.01. The summed E-state index contributed by atoms with van der Waals surface area (Å²) in [5.41, 5.74) is 10.5. The Hall–Kier alpha value is -9.73. The van der Waals surface area contributed by atoms with Gasteiger partial charge in [0.2, 0.25) is 47.3 Å². The molecule has 2 aliphatic heterocycles. The second-order valence-electron chi connectivity index (χ2n) is 34.2. The van der Waals surface area contributed by atoms with Crippen LogP contribution in [0.25, 0.3) is 10.9 Å². The van der Waals surface area contributed by atoms with Crippen LogP contribution < -0.4 is 43.2 Å². The van der Waals surface area contributed by atoms with Crippen LogP contribution in [0.5, 0.6) is 0 Å². The average molecular weight is 1770 g/mol. The largest absolute Gasteiger partial charge is 0.465 e. The van der Waals surface area contributed by atoms with Gasteiger partial charge in [-0.25, -0.2) is 26.7 Å². The van der Waals surface area contributed by atoms with Crippen molar-refractivity contribution < 1.29 is 97.4 Å². The number of aromatic nitrogens is 1. The van der Waals surface area contributed by atoms with E-state index >= 15 is 0 Å². The number of rotatable bonds is 43. The second kappa shape index (κ2) is 57.7. The maximum Gasteiger partial charge on any atom is 0.410 e. The number of nitrogens with one attached hydrogen (secondary N) is 8. The van der Waals surface area contributed by atoms with Gasteiger partial charge in [0.15, 0.2) is 5.78 Å². The number of fused-ring (bicyclic) bond motifs is 5. The Labute approximate surface area is 738 Å². The number of hydrogen-bond acceptors (Lipinski definition) is 22. The van der Waals surface area contributed by atoms with Crippen molar-refractivity contribution in [1.82, 2.24) is 52.7 Å². The van der Waals surface area contributed by atoms with Crippen LogP contribution in [-0.2, 0) is 97.8 Å². The Kier molecular flexibility index (Phi) is 49.6. The Morgan fingerprint density at radius 2 is 1.12 bits per heavy atom. The Morgan fingerprint density at radius 3 is 1.69 bits per heavy atom. The van der Waals surface area contributed by atoms with E-state index in [1.54, 1.807) is 47.2 Å². The van der Waals surface area contributed by atoms with Crippen LogP contribution in [0.4, 0.5) is 4.79 Å². The molecule has 5 aromatic rings. The van der Waals surface area contributed by atoms with E-state index in [0.29, 0.717) is 76.6 Å². The van der Waals surface area contributed by atoms with E-state index in [9.17, 15) is 72.3 Å². The Morgan fingerprint density at radius 1 is 0.548 bits per heavy atom.